The first kappa shape index (κ1) is 103. The number of nitrogens with zero attached hydrogens (tertiary/aromatic N) is 15. The van der Waals surface area contributed by atoms with E-state index >= 15 is 0 Å². The third-order valence-corrected chi connectivity index (χ3v) is 19.0. The highest BCUT2D eigenvalue weighted by atomic mass is 32.1. The molecule has 0 amide bonds. The maximum atomic E-state index is 5.08. The summed E-state index contributed by atoms with van der Waals surface area (Å²) in [7, 11) is 6.10. The molecule has 0 aliphatic heterocycles. The zero-order chi connectivity index (χ0) is 87.0. The van der Waals surface area contributed by atoms with E-state index in [-0.39, 0.29) is 0 Å². The van der Waals surface area contributed by atoms with Crippen molar-refractivity contribution in [2.24, 2.45) is 21.1 Å². The van der Waals surface area contributed by atoms with Gasteiger partial charge in [0.15, 0.2) is 11.8 Å². The van der Waals surface area contributed by atoms with Crippen molar-refractivity contribution in [3.63, 3.8) is 0 Å². The maximum absolute atomic E-state index is 5.08. The van der Waals surface area contributed by atoms with E-state index < -0.39 is 0 Å². The third kappa shape index (κ3) is 50.6. The van der Waals surface area contributed by atoms with Gasteiger partial charge >= 0.3 is 0 Å². The highest BCUT2D eigenvalue weighted by molar-refractivity contribution is 7.12. The van der Waals surface area contributed by atoms with Gasteiger partial charge in [-0.3, -0.25) is 0 Å². The Kier molecular flexibility index (Phi) is 50.1. The van der Waals surface area contributed by atoms with Crippen LogP contribution in [0.1, 0.15) is 177 Å². The fourth-order valence-electron chi connectivity index (χ4n) is 8.65. The van der Waals surface area contributed by atoms with Crippen molar-refractivity contribution in [3.8, 4) is 0 Å². The number of imidazole rings is 4. The molecule has 0 bridgehead atoms. The minimum absolute atomic E-state index is 0.734. The molecule has 28 heteroatoms. The lowest BCUT2D eigenvalue weighted by Crippen LogP contribution is -1.92. The molecule has 16 rings (SSSR count). The number of aromatic amines is 3. The van der Waals surface area contributed by atoms with Gasteiger partial charge < -0.3 is 51.0 Å². The van der Waals surface area contributed by atoms with Gasteiger partial charge in [0.05, 0.1) is 45.2 Å². The summed E-state index contributed by atoms with van der Waals surface area (Å²) < 4.78 is 38.8. The molecule has 0 spiro atoms. The molecule has 0 saturated carbocycles. The van der Waals surface area contributed by atoms with Crippen LogP contribution in [0, 0.1) is 222 Å². The Morgan fingerprint density at radius 1 is 0.270 bits per heavy atom. The van der Waals surface area contributed by atoms with E-state index in [4.69, 9.17) is 22.3 Å². The average Bonchev–Trinajstić information content (AvgIpc) is 1.77. The number of hydrogen-bond acceptors (Lipinski definition) is 22. The first-order valence-electron chi connectivity index (χ1n) is 37.2. The summed E-state index contributed by atoms with van der Waals surface area (Å²) in [6, 6.07) is 24.5. The Morgan fingerprint density at radius 2 is 0.635 bits per heavy atom. The Labute approximate surface area is 704 Å². The average molecular weight is 1670 g/mol. The van der Waals surface area contributed by atoms with E-state index in [1.54, 1.807) is 58.1 Å². The number of oxazole rings is 2. The standard InChI is InChI=1S/C7H11N.2C6H10N2.C6H9N.C6H8O.C6H8S.2C5H8N2.4C5H7NO.4C5H7NS/c1-6-4-5-7(2)8(6)3;2*1-5-4-7-6(2)8(5)3;3*1-5-3-4-6(2)7-5;4*1-4-3-6-5(2)7-4;2*1-4-3-5(2)7-6-4;2*1-4-3-6-5(2)7-4;2*1-4-3-5(2)7-6-4/h4-5H,1-3H3;2*4H,1-3H3;3-4,7H,1-2H3;2*3-4H,1-2H3;2*3H,1-2H3,(H,6,7);8*3H,1-2H3. The van der Waals surface area contributed by atoms with E-state index in [0.29, 0.717) is 0 Å². The number of hydrogen-bond donors (Lipinski definition) is 3. The number of nitrogens with one attached hydrogen (secondary N) is 3. The second-order valence-electron chi connectivity index (χ2n) is 26.9. The van der Waals surface area contributed by atoms with Crippen LogP contribution in [0.2, 0.25) is 0 Å². The summed E-state index contributed by atoms with van der Waals surface area (Å²) in [5.74, 6) is 11.0. The molecule has 0 aliphatic carbocycles. The van der Waals surface area contributed by atoms with Crippen LogP contribution in [0.5, 0.6) is 0 Å². The van der Waals surface area contributed by atoms with Gasteiger partial charge in [-0.05, 0) is 291 Å². The molecule has 0 aliphatic rings. The van der Waals surface area contributed by atoms with Crippen LogP contribution in [0.15, 0.2) is 145 Å². The molecule has 0 atom stereocenters. The highest BCUT2D eigenvalue weighted by Crippen LogP contribution is 2.13. The predicted molar refractivity (Wildman–Crippen MR) is 479 cm³/mol. The van der Waals surface area contributed by atoms with Crippen LogP contribution in [-0.4, -0.2) is 87.6 Å². The number of rotatable bonds is 0. The van der Waals surface area contributed by atoms with Gasteiger partial charge in [0.25, 0.3) is 0 Å². The number of aryl methyl sites for hydroxylation is 32. The van der Waals surface area contributed by atoms with E-state index in [1.807, 2.05) is 253 Å². The van der Waals surface area contributed by atoms with Gasteiger partial charge in [0.2, 0.25) is 0 Å². The van der Waals surface area contributed by atoms with E-state index in [2.05, 4.69) is 199 Å². The van der Waals surface area contributed by atoms with Crippen molar-refractivity contribution in [2.75, 3.05) is 0 Å². The van der Waals surface area contributed by atoms with Crippen molar-refractivity contribution < 1.29 is 22.3 Å². The number of furan rings is 1. The largest absolute Gasteiger partial charge is 0.467 e. The normalized spacial score (nSPS) is 9.52. The molecule has 0 saturated heterocycles. The van der Waals surface area contributed by atoms with Gasteiger partial charge in [0, 0.05) is 159 Å². The number of thiazole rings is 2. The lowest BCUT2D eigenvalue weighted by atomic mass is 10.4. The van der Waals surface area contributed by atoms with Crippen molar-refractivity contribution in [1.29, 1.82) is 0 Å². The Morgan fingerprint density at radius 3 is 0.722 bits per heavy atom. The number of thiophene rings is 1. The van der Waals surface area contributed by atoms with Crippen LogP contribution in [0.3, 0.4) is 0 Å². The van der Waals surface area contributed by atoms with Crippen LogP contribution >= 0.6 is 57.1 Å². The Hall–Kier alpha value is -10.3. The fraction of sp³-hybridized carbons (Fsp3) is 0.402. The summed E-state index contributed by atoms with van der Waals surface area (Å²) in [6.07, 6.45) is 14.6. The third-order valence-electron chi connectivity index (χ3n) is 14.8. The molecule has 23 nitrogen and oxygen atoms in total. The first-order chi connectivity index (χ1) is 53.9. The Balaban J connectivity index is 0.000000613. The molecular formula is C87H128N18O5S5. The van der Waals surface area contributed by atoms with Gasteiger partial charge in [-0.15, -0.1) is 34.0 Å². The summed E-state index contributed by atoms with van der Waals surface area (Å²) in [5.41, 5.74) is 13.9. The lowest BCUT2D eigenvalue weighted by molar-refractivity contribution is 0.393. The zero-order valence-electron chi connectivity index (χ0n) is 74.8. The quantitative estimate of drug-likeness (QED) is 0.127. The smallest absolute Gasteiger partial charge is 0.191 e. The molecule has 626 valence electrons. The van der Waals surface area contributed by atoms with Crippen LogP contribution in [0.4, 0.5) is 0 Å². The van der Waals surface area contributed by atoms with Gasteiger partial charge in [-0.1, -0.05) is 10.3 Å². The van der Waals surface area contributed by atoms with Crippen molar-refractivity contribution >= 4 is 57.1 Å². The van der Waals surface area contributed by atoms with Crippen molar-refractivity contribution in [1.82, 2.24) is 87.6 Å². The predicted octanol–water partition coefficient (Wildman–Crippen LogP) is 23.9. The molecule has 0 aromatic carbocycles. The minimum atomic E-state index is 0.734. The molecule has 3 N–H and O–H groups in total. The topological polar surface area (TPSA) is 283 Å². The zero-order valence-corrected chi connectivity index (χ0v) is 78.9. The number of H-pyrrole nitrogens is 3. The molecule has 115 heavy (non-hydrogen) atoms. The Bertz CT molecular complexity index is 3830. The van der Waals surface area contributed by atoms with E-state index in [9.17, 15) is 0 Å². The summed E-state index contributed by atoms with van der Waals surface area (Å²) in [4.78, 5) is 49.0. The maximum Gasteiger partial charge on any atom is 0.191 e. The van der Waals surface area contributed by atoms with Crippen LogP contribution in [-0.2, 0) is 21.1 Å². The molecule has 0 fully saturated rings. The second kappa shape index (κ2) is 56.1. The summed E-state index contributed by atoms with van der Waals surface area (Å²) >= 11 is 8.41. The van der Waals surface area contributed by atoms with E-state index in [0.717, 1.165) is 114 Å². The molecular weight excluding hydrogens is 1540 g/mol. The minimum Gasteiger partial charge on any atom is -0.467 e. The van der Waals surface area contributed by atoms with Gasteiger partial charge in [-0.25, -0.2) is 39.9 Å². The van der Waals surface area contributed by atoms with Crippen molar-refractivity contribution in [2.45, 2.75) is 222 Å². The van der Waals surface area contributed by atoms with Crippen molar-refractivity contribution in [3.05, 3.63) is 300 Å². The number of aromatic nitrogens is 18. The highest BCUT2D eigenvalue weighted by Gasteiger charge is 1.98. The van der Waals surface area contributed by atoms with E-state index in [1.165, 1.54) is 63.4 Å². The molecule has 0 unspecified atom stereocenters. The SMILES string of the molecule is Cc1cc(C)on1.Cc1cc(C)on1.Cc1cc(C)sn1.Cc1cc(C)sn1.Cc1ccc(C)[nH]1.Cc1ccc(C)n1C.Cc1ccc(C)o1.Cc1ccc(C)s1.Cc1cnc(C)[nH]1.Cc1cnc(C)[nH]1.Cc1cnc(C)n1C.Cc1cnc(C)n1C.Cc1cnc(C)o1.Cc1cnc(C)o1.Cc1cnc(C)s1.Cc1cnc(C)s1. The molecule has 16 aromatic rings. The van der Waals surface area contributed by atoms with Crippen LogP contribution < -0.4 is 0 Å². The summed E-state index contributed by atoms with van der Waals surface area (Å²) in [5, 5.41) is 9.58. The van der Waals surface area contributed by atoms with Crippen LogP contribution in [0.25, 0.3) is 0 Å². The second-order valence-corrected chi connectivity index (χ2v) is 33.3. The first-order valence-corrected chi connectivity index (χ1v) is 41.2. The molecule has 0 radical (unpaired) electrons. The molecule has 16 aromatic heterocycles. The van der Waals surface area contributed by atoms with Gasteiger partial charge in [-0.2, -0.15) is 8.75 Å². The van der Waals surface area contributed by atoms with Gasteiger partial charge in [0.1, 0.15) is 57.9 Å². The lowest BCUT2D eigenvalue weighted by Gasteiger charge is -1.96. The summed E-state index contributed by atoms with van der Waals surface area (Å²) in [6.45, 7) is 63.6. The fourth-order valence-corrected chi connectivity index (χ4v) is 11.9. The molecule has 16 heterocycles. The monoisotopic (exact) mass is 1660 g/mol.